The predicted octanol–water partition coefficient (Wildman–Crippen LogP) is 2.03. The van der Waals surface area contributed by atoms with Crippen molar-refractivity contribution in [3.63, 3.8) is 0 Å². The van der Waals surface area contributed by atoms with E-state index in [9.17, 15) is 0 Å². The van der Waals surface area contributed by atoms with Gasteiger partial charge in [0.05, 0.1) is 11.0 Å². The number of hydrogen-bond donors (Lipinski definition) is 2. The second kappa shape index (κ2) is 5.18. The Bertz CT molecular complexity index is 175. The second-order valence-corrected chi connectivity index (χ2v) is 14.5. The van der Waals surface area contributed by atoms with Gasteiger partial charge in [0.1, 0.15) is 16.5 Å². The van der Waals surface area contributed by atoms with Crippen LogP contribution in [0, 0.1) is 0 Å². The molecular formula is C7H18N2S2Si2. The Morgan fingerprint density at radius 3 is 1.46 bits per heavy atom. The lowest BCUT2D eigenvalue weighted by Crippen LogP contribution is -2.55. The van der Waals surface area contributed by atoms with Crippen LogP contribution in [0.3, 0.4) is 0 Å². The summed E-state index contributed by atoms with van der Waals surface area (Å²) >= 11 is 9.64. The standard InChI is InChI=1S/C7H18N2S2Si2/c1-12(2,8-5-10)7-13(3,4)9-6-11/h5-6H,7H2,1-4H3,(H,8,10)(H,9,11). The van der Waals surface area contributed by atoms with E-state index in [1.807, 2.05) is 0 Å². The average Bonchev–Trinajstić information content (AvgIpc) is 1.82. The van der Waals surface area contributed by atoms with Crippen LogP contribution in [0.25, 0.3) is 0 Å². The van der Waals surface area contributed by atoms with E-state index >= 15 is 0 Å². The minimum Gasteiger partial charge on any atom is -0.408 e. The molecule has 0 amide bonds. The van der Waals surface area contributed by atoms with Crippen LogP contribution in [0.4, 0.5) is 0 Å². The maximum Gasteiger partial charge on any atom is 0.146 e. The van der Waals surface area contributed by atoms with E-state index < -0.39 is 16.5 Å². The highest BCUT2D eigenvalue weighted by Gasteiger charge is 2.31. The highest BCUT2D eigenvalue weighted by Crippen LogP contribution is 2.14. The molecule has 13 heavy (non-hydrogen) atoms. The minimum atomic E-state index is -1.35. The Kier molecular flexibility index (Phi) is 5.27. The van der Waals surface area contributed by atoms with Crippen molar-refractivity contribution in [1.29, 1.82) is 0 Å². The van der Waals surface area contributed by atoms with Crippen molar-refractivity contribution >= 4 is 51.9 Å². The Morgan fingerprint density at radius 1 is 0.923 bits per heavy atom. The van der Waals surface area contributed by atoms with Crippen molar-refractivity contribution in [2.75, 3.05) is 0 Å². The van der Waals surface area contributed by atoms with Crippen LogP contribution >= 0.6 is 24.4 Å². The van der Waals surface area contributed by atoms with E-state index in [-0.39, 0.29) is 0 Å². The van der Waals surface area contributed by atoms with Gasteiger partial charge in [-0.2, -0.15) is 0 Å². The smallest absolute Gasteiger partial charge is 0.146 e. The molecule has 0 aromatic rings. The number of thiocarbonyl (C=S) groups is 2. The number of rotatable bonds is 6. The third kappa shape index (κ3) is 6.31. The largest absolute Gasteiger partial charge is 0.408 e. The van der Waals surface area contributed by atoms with E-state index in [0.717, 1.165) is 0 Å². The molecule has 0 heterocycles. The van der Waals surface area contributed by atoms with Gasteiger partial charge in [0.15, 0.2) is 0 Å². The van der Waals surface area contributed by atoms with E-state index in [0.29, 0.717) is 0 Å². The van der Waals surface area contributed by atoms with E-state index in [1.165, 1.54) is 5.67 Å². The summed E-state index contributed by atoms with van der Waals surface area (Å²) in [6, 6.07) is 0. The second-order valence-electron chi connectivity index (χ2n) is 4.47. The number of hydrogen-bond acceptors (Lipinski definition) is 2. The molecule has 0 unspecified atom stereocenters. The summed E-state index contributed by atoms with van der Waals surface area (Å²) in [7, 11) is -2.71. The Labute approximate surface area is 93.7 Å². The lowest BCUT2D eigenvalue weighted by Gasteiger charge is -2.31. The molecule has 0 bridgehead atoms. The van der Waals surface area contributed by atoms with Crippen molar-refractivity contribution in [3.05, 3.63) is 0 Å². The van der Waals surface area contributed by atoms with Crippen molar-refractivity contribution in [1.82, 2.24) is 9.96 Å². The minimum absolute atomic E-state index is 1.22. The summed E-state index contributed by atoms with van der Waals surface area (Å²) in [4.78, 5) is 6.62. The molecular weight excluding hydrogens is 232 g/mol. The molecule has 2 N–H and O–H groups in total. The van der Waals surface area contributed by atoms with Crippen LogP contribution < -0.4 is 9.96 Å². The fraction of sp³-hybridized carbons (Fsp3) is 0.714. The molecule has 0 atom stereocenters. The summed E-state index contributed by atoms with van der Waals surface area (Å²) in [5.74, 6) is 0. The summed E-state index contributed by atoms with van der Waals surface area (Å²) in [5, 5.41) is 0. The van der Waals surface area contributed by atoms with Gasteiger partial charge < -0.3 is 9.96 Å². The molecule has 0 spiro atoms. The summed E-state index contributed by atoms with van der Waals surface area (Å²) in [5.41, 5.74) is 4.52. The zero-order valence-electron chi connectivity index (χ0n) is 8.68. The molecule has 0 saturated carbocycles. The normalized spacial score (nSPS) is 12.0. The van der Waals surface area contributed by atoms with Gasteiger partial charge in [0.2, 0.25) is 0 Å². The Hall–Kier alpha value is 0.214. The maximum absolute atomic E-state index is 4.82. The van der Waals surface area contributed by atoms with Gasteiger partial charge >= 0.3 is 0 Å². The molecule has 6 heteroatoms. The van der Waals surface area contributed by atoms with Crippen LogP contribution in [0.15, 0.2) is 0 Å². The van der Waals surface area contributed by atoms with Gasteiger partial charge in [-0.25, -0.2) is 0 Å². The molecule has 0 rings (SSSR count). The first-order chi connectivity index (χ1) is 5.83. The molecule has 0 saturated heterocycles. The molecule has 0 aliphatic heterocycles. The van der Waals surface area contributed by atoms with E-state index in [4.69, 9.17) is 24.4 Å². The van der Waals surface area contributed by atoms with Crippen LogP contribution in [-0.2, 0) is 0 Å². The monoisotopic (exact) mass is 250 g/mol. The third-order valence-electron chi connectivity index (χ3n) is 1.78. The van der Waals surface area contributed by atoms with Crippen LogP contribution in [0.5, 0.6) is 0 Å². The quantitative estimate of drug-likeness (QED) is 0.556. The fourth-order valence-electron chi connectivity index (χ4n) is 1.53. The van der Waals surface area contributed by atoms with Gasteiger partial charge in [-0.05, 0) is 5.67 Å². The molecule has 0 aromatic heterocycles. The zero-order chi connectivity index (χ0) is 10.5. The van der Waals surface area contributed by atoms with Gasteiger partial charge in [0, 0.05) is 0 Å². The molecule has 0 radical (unpaired) electrons. The van der Waals surface area contributed by atoms with Crippen molar-refractivity contribution in [2.45, 2.75) is 31.9 Å². The fourth-order valence-corrected chi connectivity index (χ4v) is 13.7. The number of nitrogens with one attached hydrogen (secondary N) is 2. The van der Waals surface area contributed by atoms with Crippen molar-refractivity contribution in [3.8, 4) is 0 Å². The third-order valence-corrected chi connectivity index (χ3v) is 11.4. The summed E-state index contributed by atoms with van der Waals surface area (Å²) < 4.78 is 0. The summed E-state index contributed by atoms with van der Waals surface area (Å²) in [6.45, 7) is 9.15. The van der Waals surface area contributed by atoms with Crippen LogP contribution in [0.1, 0.15) is 0 Å². The first-order valence-electron chi connectivity index (χ1n) is 4.26. The topological polar surface area (TPSA) is 24.1 Å². The maximum atomic E-state index is 4.82. The molecule has 0 aromatic carbocycles. The molecule has 76 valence electrons. The SMILES string of the molecule is C[Si](C)(C[Si](C)(C)NC=S)NC=S. The lowest BCUT2D eigenvalue weighted by molar-refractivity contribution is 1.29. The van der Waals surface area contributed by atoms with Gasteiger partial charge in [-0.3, -0.25) is 0 Å². The van der Waals surface area contributed by atoms with Gasteiger partial charge in [-0.15, -0.1) is 0 Å². The van der Waals surface area contributed by atoms with Crippen molar-refractivity contribution in [2.24, 2.45) is 0 Å². The zero-order valence-corrected chi connectivity index (χ0v) is 12.3. The Morgan fingerprint density at radius 2 is 1.23 bits per heavy atom. The summed E-state index contributed by atoms with van der Waals surface area (Å²) in [6.07, 6.45) is 0. The molecule has 0 aliphatic carbocycles. The van der Waals surface area contributed by atoms with E-state index in [1.54, 1.807) is 11.0 Å². The first-order valence-corrected chi connectivity index (χ1v) is 11.6. The van der Waals surface area contributed by atoms with Crippen LogP contribution in [-0.4, -0.2) is 27.5 Å². The predicted molar refractivity (Wildman–Crippen MR) is 73.4 cm³/mol. The molecule has 0 aliphatic rings. The van der Waals surface area contributed by atoms with E-state index in [2.05, 4.69) is 36.2 Å². The van der Waals surface area contributed by atoms with Crippen molar-refractivity contribution < 1.29 is 0 Å². The van der Waals surface area contributed by atoms with Gasteiger partial charge in [-0.1, -0.05) is 50.6 Å². The highest BCUT2D eigenvalue weighted by atomic mass is 32.1. The first kappa shape index (κ1) is 13.2. The lowest BCUT2D eigenvalue weighted by atomic mass is 11.6. The average molecular weight is 251 g/mol. The highest BCUT2D eigenvalue weighted by molar-refractivity contribution is 7.79. The Balaban J connectivity index is 4.22. The molecule has 2 nitrogen and oxygen atoms in total. The molecule has 0 fully saturated rings. The van der Waals surface area contributed by atoms with Crippen LogP contribution in [0.2, 0.25) is 31.9 Å². The van der Waals surface area contributed by atoms with Gasteiger partial charge in [0.25, 0.3) is 0 Å².